The normalized spacial score (nSPS) is 18.1. The zero-order chi connectivity index (χ0) is 14.2. The summed E-state index contributed by atoms with van der Waals surface area (Å²) in [5.74, 6) is 0. The Hall–Kier alpha value is -0.860. The van der Waals surface area contributed by atoms with Gasteiger partial charge >= 0.3 is 0 Å². The number of hydrogen-bond donors (Lipinski definition) is 1. The van der Waals surface area contributed by atoms with Crippen molar-refractivity contribution in [3.8, 4) is 0 Å². The second kappa shape index (κ2) is 8.43. The zero-order valence-electron chi connectivity index (χ0n) is 13.2. The first-order valence-electron chi connectivity index (χ1n) is 8.38. The van der Waals surface area contributed by atoms with Crippen LogP contribution in [0.4, 0.5) is 0 Å². The largest absolute Gasteiger partial charge is 0.309 e. The maximum absolute atomic E-state index is 3.66. The third kappa shape index (κ3) is 4.60. The molecule has 1 aliphatic heterocycles. The molecular formula is C18H30N2. The molecular weight excluding hydrogens is 244 g/mol. The van der Waals surface area contributed by atoms with Crippen molar-refractivity contribution in [1.29, 1.82) is 0 Å². The zero-order valence-corrected chi connectivity index (χ0v) is 13.2. The highest BCUT2D eigenvalue weighted by Crippen LogP contribution is 2.18. The summed E-state index contributed by atoms with van der Waals surface area (Å²) in [5, 5.41) is 3.66. The quantitative estimate of drug-likeness (QED) is 0.814. The van der Waals surface area contributed by atoms with Crippen LogP contribution in [0.15, 0.2) is 24.3 Å². The van der Waals surface area contributed by atoms with Crippen LogP contribution in [-0.4, -0.2) is 31.1 Å². The van der Waals surface area contributed by atoms with Crippen LogP contribution in [0, 0.1) is 0 Å². The number of likely N-dealkylation sites (tertiary alicyclic amines) is 1. The van der Waals surface area contributed by atoms with E-state index in [1.165, 1.54) is 56.3 Å². The van der Waals surface area contributed by atoms with Crippen molar-refractivity contribution in [2.75, 3.05) is 26.2 Å². The first-order chi connectivity index (χ1) is 9.83. The standard InChI is InChI=1S/C18H30N2/c1-3-8-16-9-11-17(12-10-16)18(19-4-2)15-20-13-6-5-7-14-20/h9-12,18-19H,3-8,13-15H2,1-2H3. The molecule has 1 aromatic carbocycles. The molecule has 0 radical (unpaired) electrons. The number of hydrogen-bond acceptors (Lipinski definition) is 2. The molecule has 0 aromatic heterocycles. The summed E-state index contributed by atoms with van der Waals surface area (Å²) in [4.78, 5) is 2.62. The molecule has 0 saturated carbocycles. The fraction of sp³-hybridized carbons (Fsp3) is 0.667. The van der Waals surface area contributed by atoms with Crippen LogP contribution in [0.25, 0.3) is 0 Å². The summed E-state index contributed by atoms with van der Waals surface area (Å²) in [5.41, 5.74) is 2.90. The lowest BCUT2D eigenvalue weighted by Crippen LogP contribution is -2.38. The Morgan fingerprint density at radius 2 is 1.75 bits per heavy atom. The van der Waals surface area contributed by atoms with Gasteiger partial charge in [-0.25, -0.2) is 0 Å². The van der Waals surface area contributed by atoms with E-state index in [2.05, 4.69) is 48.3 Å². The van der Waals surface area contributed by atoms with Crippen LogP contribution in [0.5, 0.6) is 0 Å². The van der Waals surface area contributed by atoms with Gasteiger partial charge in [0, 0.05) is 12.6 Å². The van der Waals surface area contributed by atoms with Crippen LogP contribution in [0.3, 0.4) is 0 Å². The second-order valence-corrected chi connectivity index (χ2v) is 5.96. The van der Waals surface area contributed by atoms with E-state index in [0.717, 1.165) is 13.1 Å². The third-order valence-electron chi connectivity index (χ3n) is 4.26. The van der Waals surface area contributed by atoms with E-state index in [1.54, 1.807) is 0 Å². The van der Waals surface area contributed by atoms with Crippen LogP contribution < -0.4 is 5.32 Å². The summed E-state index contributed by atoms with van der Waals surface area (Å²) < 4.78 is 0. The van der Waals surface area contributed by atoms with Crippen LogP contribution in [0.1, 0.15) is 56.7 Å². The van der Waals surface area contributed by atoms with Gasteiger partial charge in [0.05, 0.1) is 0 Å². The molecule has 0 aliphatic carbocycles. The summed E-state index contributed by atoms with van der Waals surface area (Å²) in [6, 6.07) is 9.73. The molecule has 112 valence electrons. The van der Waals surface area contributed by atoms with E-state index in [9.17, 15) is 0 Å². The Morgan fingerprint density at radius 3 is 2.35 bits per heavy atom. The van der Waals surface area contributed by atoms with Crippen LogP contribution >= 0.6 is 0 Å². The molecule has 2 rings (SSSR count). The Kier molecular flexibility index (Phi) is 6.55. The van der Waals surface area contributed by atoms with E-state index in [1.807, 2.05) is 0 Å². The molecule has 0 bridgehead atoms. The van der Waals surface area contributed by atoms with Gasteiger partial charge < -0.3 is 10.2 Å². The van der Waals surface area contributed by atoms with Crippen LogP contribution in [-0.2, 0) is 6.42 Å². The van der Waals surface area contributed by atoms with Gasteiger partial charge in [0.15, 0.2) is 0 Å². The molecule has 2 heteroatoms. The van der Waals surface area contributed by atoms with E-state index in [0.29, 0.717) is 6.04 Å². The lowest BCUT2D eigenvalue weighted by Gasteiger charge is -2.31. The summed E-state index contributed by atoms with van der Waals surface area (Å²) in [6.45, 7) is 9.18. The Labute approximate surface area is 124 Å². The number of benzene rings is 1. The average Bonchev–Trinajstić information content (AvgIpc) is 2.49. The molecule has 1 fully saturated rings. The van der Waals surface area contributed by atoms with E-state index in [4.69, 9.17) is 0 Å². The Bertz CT molecular complexity index is 366. The smallest absolute Gasteiger partial charge is 0.0449 e. The van der Waals surface area contributed by atoms with Crippen molar-refractivity contribution in [3.63, 3.8) is 0 Å². The molecule has 0 spiro atoms. The second-order valence-electron chi connectivity index (χ2n) is 5.96. The number of nitrogens with one attached hydrogen (secondary N) is 1. The SMILES string of the molecule is CCCc1ccc(C(CN2CCCCC2)NCC)cc1. The van der Waals surface area contributed by atoms with E-state index < -0.39 is 0 Å². The van der Waals surface area contributed by atoms with Crippen molar-refractivity contribution >= 4 is 0 Å². The molecule has 2 nitrogen and oxygen atoms in total. The summed E-state index contributed by atoms with van der Waals surface area (Å²) >= 11 is 0. The molecule has 0 amide bonds. The lowest BCUT2D eigenvalue weighted by molar-refractivity contribution is 0.206. The van der Waals surface area contributed by atoms with Crippen molar-refractivity contribution in [2.24, 2.45) is 0 Å². The van der Waals surface area contributed by atoms with Gasteiger partial charge in [-0.05, 0) is 50.0 Å². The highest BCUT2D eigenvalue weighted by Gasteiger charge is 2.17. The number of rotatable bonds is 7. The number of piperidine rings is 1. The number of aryl methyl sites for hydroxylation is 1. The summed E-state index contributed by atoms with van der Waals surface area (Å²) in [7, 11) is 0. The maximum atomic E-state index is 3.66. The number of likely N-dealkylation sites (N-methyl/N-ethyl adjacent to an activating group) is 1. The van der Waals surface area contributed by atoms with Crippen molar-refractivity contribution in [2.45, 2.75) is 52.0 Å². The van der Waals surface area contributed by atoms with E-state index in [-0.39, 0.29) is 0 Å². The van der Waals surface area contributed by atoms with Gasteiger partial charge in [-0.3, -0.25) is 0 Å². The van der Waals surface area contributed by atoms with Gasteiger partial charge in [0.2, 0.25) is 0 Å². The minimum Gasteiger partial charge on any atom is -0.309 e. The predicted molar refractivity (Wildman–Crippen MR) is 87.1 cm³/mol. The van der Waals surface area contributed by atoms with Crippen LogP contribution in [0.2, 0.25) is 0 Å². The molecule has 1 aromatic rings. The fourth-order valence-corrected chi connectivity index (χ4v) is 3.14. The summed E-state index contributed by atoms with van der Waals surface area (Å²) in [6.07, 6.45) is 6.57. The highest BCUT2D eigenvalue weighted by molar-refractivity contribution is 5.25. The van der Waals surface area contributed by atoms with Gasteiger partial charge in [-0.15, -0.1) is 0 Å². The topological polar surface area (TPSA) is 15.3 Å². The predicted octanol–water partition coefficient (Wildman–Crippen LogP) is 3.78. The molecule has 1 N–H and O–H groups in total. The minimum absolute atomic E-state index is 0.480. The molecule has 1 saturated heterocycles. The Morgan fingerprint density at radius 1 is 1.05 bits per heavy atom. The molecule has 20 heavy (non-hydrogen) atoms. The van der Waals surface area contributed by atoms with Gasteiger partial charge in [-0.1, -0.05) is 51.0 Å². The van der Waals surface area contributed by atoms with Gasteiger partial charge in [0.25, 0.3) is 0 Å². The van der Waals surface area contributed by atoms with Gasteiger partial charge in [-0.2, -0.15) is 0 Å². The first kappa shape index (κ1) is 15.5. The lowest BCUT2D eigenvalue weighted by atomic mass is 10.0. The van der Waals surface area contributed by atoms with Crippen molar-refractivity contribution in [3.05, 3.63) is 35.4 Å². The molecule has 1 atom stereocenters. The third-order valence-corrected chi connectivity index (χ3v) is 4.26. The molecule has 1 aliphatic rings. The number of nitrogens with zero attached hydrogens (tertiary/aromatic N) is 1. The monoisotopic (exact) mass is 274 g/mol. The fourth-order valence-electron chi connectivity index (χ4n) is 3.14. The van der Waals surface area contributed by atoms with Crippen molar-refractivity contribution < 1.29 is 0 Å². The van der Waals surface area contributed by atoms with Gasteiger partial charge in [0.1, 0.15) is 0 Å². The minimum atomic E-state index is 0.480. The Balaban J connectivity index is 1.98. The van der Waals surface area contributed by atoms with Crippen molar-refractivity contribution in [1.82, 2.24) is 10.2 Å². The maximum Gasteiger partial charge on any atom is 0.0449 e. The molecule has 1 heterocycles. The molecule has 1 unspecified atom stereocenters. The first-order valence-corrected chi connectivity index (χ1v) is 8.38. The highest BCUT2D eigenvalue weighted by atomic mass is 15.1. The average molecular weight is 274 g/mol. The van der Waals surface area contributed by atoms with E-state index >= 15 is 0 Å².